The van der Waals surface area contributed by atoms with Gasteiger partial charge in [0.15, 0.2) is 14.9 Å². The SMILES string of the molecule is COc1ccc(-n2nc(S(C)(=O)=O)c3c2C(=O)N(c2ccc(-n4ccnc4CN(C)C(C)=O)cc2)CC3)cc1.O=C(O)C(F)(F)F. The van der Waals surface area contributed by atoms with E-state index in [4.69, 9.17) is 14.6 Å². The minimum atomic E-state index is -5.08. The minimum Gasteiger partial charge on any atom is -0.497 e. The molecule has 3 heterocycles. The number of amides is 2. The van der Waals surface area contributed by atoms with Crippen LogP contribution in [0.15, 0.2) is 66.0 Å². The summed E-state index contributed by atoms with van der Waals surface area (Å²) in [6.07, 6.45) is -0.157. The van der Waals surface area contributed by atoms with E-state index in [2.05, 4.69) is 10.1 Å². The van der Waals surface area contributed by atoms with Crippen molar-refractivity contribution in [2.24, 2.45) is 0 Å². The zero-order valence-corrected chi connectivity index (χ0v) is 25.8. The molecule has 17 heteroatoms. The molecular weight excluding hydrogens is 633 g/mol. The predicted octanol–water partition coefficient (Wildman–Crippen LogP) is 3.28. The van der Waals surface area contributed by atoms with Gasteiger partial charge >= 0.3 is 12.1 Å². The zero-order chi connectivity index (χ0) is 34.0. The maximum absolute atomic E-state index is 13.8. The van der Waals surface area contributed by atoms with Crippen LogP contribution in [0.5, 0.6) is 5.75 Å². The molecule has 5 rings (SSSR count). The standard InChI is InChI=1S/C27H28N6O5S.C2HF3O2/c1-18(34)30(2)17-24-28-14-16-31(24)19-5-7-20(8-6-19)32-15-13-23-25(27(32)35)33(29-26(23)39(4,36)37)21-9-11-22(38-3)12-10-21;3-2(4,5)1(6)7/h5-12,14,16H,13,15,17H2,1-4H3;(H,6,7). The molecule has 2 amide bonds. The molecule has 0 saturated heterocycles. The molecule has 0 fully saturated rings. The van der Waals surface area contributed by atoms with Crippen LogP contribution in [0.3, 0.4) is 0 Å². The number of carbonyl (C=O) groups is 3. The van der Waals surface area contributed by atoms with Gasteiger partial charge in [-0.1, -0.05) is 0 Å². The van der Waals surface area contributed by atoms with Crippen LogP contribution in [0.1, 0.15) is 28.8 Å². The van der Waals surface area contributed by atoms with Crippen molar-refractivity contribution in [1.29, 1.82) is 0 Å². The summed E-state index contributed by atoms with van der Waals surface area (Å²) in [5.41, 5.74) is 2.69. The molecule has 0 radical (unpaired) electrons. The number of sulfone groups is 1. The van der Waals surface area contributed by atoms with Crippen molar-refractivity contribution in [2.45, 2.75) is 31.1 Å². The van der Waals surface area contributed by atoms with Gasteiger partial charge in [0.2, 0.25) is 5.91 Å². The van der Waals surface area contributed by atoms with Crippen molar-refractivity contribution in [2.75, 3.05) is 31.9 Å². The number of aromatic nitrogens is 4. The number of aliphatic carboxylic acids is 1. The number of rotatable bonds is 7. The van der Waals surface area contributed by atoms with Gasteiger partial charge in [-0.25, -0.2) is 22.9 Å². The van der Waals surface area contributed by atoms with E-state index in [1.165, 1.54) is 11.6 Å². The largest absolute Gasteiger partial charge is 0.497 e. The molecule has 13 nitrogen and oxygen atoms in total. The van der Waals surface area contributed by atoms with Crippen LogP contribution in [0, 0.1) is 0 Å². The monoisotopic (exact) mass is 662 g/mol. The third-order valence-corrected chi connectivity index (χ3v) is 7.99. The predicted molar refractivity (Wildman–Crippen MR) is 158 cm³/mol. The Kier molecular flexibility index (Phi) is 9.55. The maximum atomic E-state index is 13.8. The Morgan fingerprint density at radius 2 is 1.61 bits per heavy atom. The lowest BCUT2D eigenvalue weighted by Crippen LogP contribution is -2.39. The van der Waals surface area contributed by atoms with Crippen molar-refractivity contribution in [1.82, 2.24) is 24.2 Å². The lowest BCUT2D eigenvalue weighted by molar-refractivity contribution is -0.192. The summed E-state index contributed by atoms with van der Waals surface area (Å²) < 4.78 is 65.3. The maximum Gasteiger partial charge on any atom is 0.490 e. The highest BCUT2D eigenvalue weighted by Crippen LogP contribution is 2.31. The van der Waals surface area contributed by atoms with Gasteiger partial charge in [-0.3, -0.25) is 9.59 Å². The van der Waals surface area contributed by atoms with Crippen LogP contribution in [0.25, 0.3) is 11.4 Å². The number of alkyl halides is 3. The number of methoxy groups -OCH3 is 1. The van der Waals surface area contributed by atoms with Crippen LogP contribution in [-0.4, -0.2) is 88.7 Å². The van der Waals surface area contributed by atoms with Gasteiger partial charge in [-0.15, -0.1) is 0 Å². The number of nitrogens with zero attached hydrogens (tertiary/aromatic N) is 6. The van der Waals surface area contributed by atoms with Crippen molar-refractivity contribution < 1.29 is 45.8 Å². The highest BCUT2D eigenvalue weighted by atomic mass is 32.2. The third kappa shape index (κ3) is 7.20. The van der Waals surface area contributed by atoms with E-state index in [9.17, 15) is 31.2 Å². The van der Waals surface area contributed by atoms with Gasteiger partial charge in [-0.05, 0) is 55.0 Å². The van der Waals surface area contributed by atoms with Gasteiger partial charge in [0.05, 0.1) is 19.3 Å². The summed E-state index contributed by atoms with van der Waals surface area (Å²) in [4.78, 5) is 42.0. The normalized spacial score (nSPS) is 13.0. The van der Waals surface area contributed by atoms with E-state index < -0.39 is 22.0 Å². The number of halogens is 3. The van der Waals surface area contributed by atoms with E-state index in [1.54, 1.807) is 54.4 Å². The molecule has 4 aromatic rings. The van der Waals surface area contributed by atoms with Crippen LogP contribution < -0.4 is 9.64 Å². The zero-order valence-electron chi connectivity index (χ0n) is 25.0. The first-order valence-electron chi connectivity index (χ1n) is 13.5. The molecule has 46 heavy (non-hydrogen) atoms. The number of carboxylic acids is 1. The molecule has 0 spiro atoms. The average Bonchev–Trinajstić information content (AvgIpc) is 3.63. The molecule has 1 N–H and O–H groups in total. The Labute approximate surface area is 261 Å². The second kappa shape index (κ2) is 13.0. The van der Waals surface area contributed by atoms with E-state index in [1.807, 2.05) is 35.0 Å². The van der Waals surface area contributed by atoms with Gasteiger partial charge in [0.1, 0.15) is 17.3 Å². The number of hydrogen-bond donors (Lipinski definition) is 1. The van der Waals surface area contributed by atoms with Crippen LogP contribution >= 0.6 is 0 Å². The Hall–Kier alpha value is -5.19. The number of hydrogen-bond acceptors (Lipinski definition) is 8. The lowest BCUT2D eigenvalue weighted by Gasteiger charge is -2.28. The Bertz CT molecular complexity index is 1870. The minimum absolute atomic E-state index is 0.0595. The quantitative estimate of drug-likeness (QED) is 0.314. The van der Waals surface area contributed by atoms with Crippen molar-refractivity contribution in [3.63, 3.8) is 0 Å². The second-order valence-electron chi connectivity index (χ2n) is 10.1. The Morgan fingerprint density at radius 1 is 1.04 bits per heavy atom. The van der Waals surface area contributed by atoms with Crippen molar-refractivity contribution in [3.8, 4) is 17.1 Å². The number of benzene rings is 2. The highest BCUT2D eigenvalue weighted by Gasteiger charge is 2.38. The van der Waals surface area contributed by atoms with Gasteiger partial charge in [0.25, 0.3) is 5.91 Å². The number of anilines is 1. The van der Waals surface area contributed by atoms with E-state index >= 15 is 0 Å². The van der Waals surface area contributed by atoms with Gasteiger partial charge in [0, 0.05) is 56.1 Å². The number of fused-ring (bicyclic) bond motifs is 1. The molecule has 1 aliphatic rings. The lowest BCUT2D eigenvalue weighted by atomic mass is 10.1. The first-order chi connectivity index (χ1) is 21.5. The first-order valence-corrected chi connectivity index (χ1v) is 15.3. The van der Waals surface area contributed by atoms with Gasteiger partial charge in [-0.2, -0.15) is 18.3 Å². The van der Waals surface area contributed by atoms with E-state index in [-0.39, 0.29) is 22.5 Å². The average molecular weight is 663 g/mol. The van der Waals surface area contributed by atoms with Crippen LogP contribution in [0.2, 0.25) is 0 Å². The highest BCUT2D eigenvalue weighted by molar-refractivity contribution is 7.90. The molecule has 2 aromatic carbocycles. The number of imidazole rings is 1. The van der Waals surface area contributed by atoms with E-state index in [0.29, 0.717) is 48.0 Å². The molecule has 2 aromatic heterocycles. The second-order valence-corrected chi connectivity index (χ2v) is 12.1. The molecule has 0 atom stereocenters. The molecule has 1 aliphatic heterocycles. The molecule has 244 valence electrons. The summed E-state index contributed by atoms with van der Waals surface area (Å²) >= 11 is 0. The molecular formula is C29H29F3N6O7S. The van der Waals surface area contributed by atoms with Crippen LogP contribution in [-0.2, 0) is 32.4 Å². The van der Waals surface area contributed by atoms with Crippen LogP contribution in [0.4, 0.5) is 18.9 Å². The number of ether oxygens (including phenoxy) is 1. The first kappa shape index (κ1) is 33.7. The number of carbonyl (C=O) groups excluding carboxylic acids is 2. The summed E-state index contributed by atoms with van der Waals surface area (Å²) in [7, 11) is -0.392. The Morgan fingerprint density at radius 3 is 2.13 bits per heavy atom. The summed E-state index contributed by atoms with van der Waals surface area (Å²) in [6.45, 7) is 2.17. The smallest absolute Gasteiger partial charge is 0.490 e. The fourth-order valence-electron chi connectivity index (χ4n) is 4.59. The third-order valence-electron chi connectivity index (χ3n) is 6.96. The fraction of sp³-hybridized carbons (Fsp3) is 0.276. The Balaban J connectivity index is 0.000000617. The summed E-state index contributed by atoms with van der Waals surface area (Å²) in [5, 5.41) is 11.4. The molecule has 0 saturated carbocycles. The molecule has 0 unspecified atom stereocenters. The summed E-state index contributed by atoms with van der Waals surface area (Å²) in [6, 6.07) is 14.3. The van der Waals surface area contributed by atoms with Crippen molar-refractivity contribution >= 4 is 33.3 Å². The summed E-state index contributed by atoms with van der Waals surface area (Å²) in [5.74, 6) is -1.82. The fourth-order valence-corrected chi connectivity index (χ4v) is 5.46. The number of carboxylic acid groups (broad SMARTS) is 1. The topological polar surface area (TPSA) is 157 Å². The molecule has 0 aliphatic carbocycles. The van der Waals surface area contributed by atoms with Crippen molar-refractivity contribution in [3.05, 3.63) is 78.0 Å². The molecule has 0 bridgehead atoms. The van der Waals surface area contributed by atoms with E-state index in [0.717, 1.165) is 11.9 Å². The van der Waals surface area contributed by atoms with Gasteiger partial charge < -0.3 is 24.2 Å².